The summed E-state index contributed by atoms with van der Waals surface area (Å²) in [5.74, 6) is -0.178. The summed E-state index contributed by atoms with van der Waals surface area (Å²) < 4.78 is 5.54. The van der Waals surface area contributed by atoms with Gasteiger partial charge in [-0.3, -0.25) is 9.63 Å². The molecule has 0 aliphatic heterocycles. The Bertz CT molecular complexity index is 761. The maximum atomic E-state index is 11.8. The minimum atomic E-state index is -0.178. The lowest BCUT2D eigenvalue weighted by atomic mass is 10.0. The molecule has 2 aromatic carbocycles. The van der Waals surface area contributed by atoms with Crippen LogP contribution in [0.5, 0.6) is 0 Å². The highest BCUT2D eigenvalue weighted by Crippen LogP contribution is 2.29. The van der Waals surface area contributed by atoms with Crippen LogP contribution in [0.25, 0.3) is 21.7 Å². The Morgan fingerprint density at radius 1 is 1.25 bits per heavy atom. The third-order valence-electron chi connectivity index (χ3n) is 3.22. The zero-order chi connectivity index (χ0) is 13.9. The quantitative estimate of drug-likeness (QED) is 0.740. The Hall–Kier alpha value is -2.33. The summed E-state index contributed by atoms with van der Waals surface area (Å²) >= 11 is 0. The first kappa shape index (κ1) is 12.7. The van der Waals surface area contributed by atoms with Gasteiger partial charge in [-0.2, -0.15) is 0 Å². The first-order chi connectivity index (χ1) is 9.79. The van der Waals surface area contributed by atoms with Crippen LogP contribution in [-0.4, -0.2) is 12.5 Å². The molecule has 102 valence electrons. The van der Waals surface area contributed by atoms with Gasteiger partial charge in [-0.15, -0.1) is 0 Å². The topological polar surface area (TPSA) is 51.5 Å². The summed E-state index contributed by atoms with van der Waals surface area (Å²) in [7, 11) is 0. The van der Waals surface area contributed by atoms with E-state index in [-0.39, 0.29) is 12.3 Å². The number of amides is 1. The van der Waals surface area contributed by atoms with Gasteiger partial charge in [0.2, 0.25) is 5.91 Å². The summed E-state index contributed by atoms with van der Waals surface area (Å²) in [5.41, 5.74) is 4.07. The van der Waals surface area contributed by atoms with Crippen LogP contribution >= 0.6 is 0 Å². The lowest BCUT2D eigenvalue weighted by Gasteiger charge is -2.04. The van der Waals surface area contributed by atoms with Crippen LogP contribution in [0.4, 0.5) is 0 Å². The molecule has 1 aromatic heterocycles. The van der Waals surface area contributed by atoms with Gasteiger partial charge in [-0.05, 0) is 23.8 Å². The number of carbonyl (C=O) groups is 1. The number of benzene rings is 2. The Morgan fingerprint density at radius 2 is 2.10 bits per heavy atom. The summed E-state index contributed by atoms with van der Waals surface area (Å²) in [4.78, 5) is 16.7. The maximum absolute atomic E-state index is 11.8. The number of carbonyl (C=O) groups excluding carboxylic acids is 1. The summed E-state index contributed by atoms with van der Waals surface area (Å²) in [6, 6.07) is 12.0. The number of furan rings is 1. The van der Waals surface area contributed by atoms with E-state index in [9.17, 15) is 4.79 Å². The van der Waals surface area contributed by atoms with Crippen molar-refractivity contribution in [3.05, 3.63) is 48.2 Å². The van der Waals surface area contributed by atoms with Gasteiger partial charge in [-0.25, -0.2) is 5.48 Å². The van der Waals surface area contributed by atoms with E-state index in [1.807, 2.05) is 43.3 Å². The van der Waals surface area contributed by atoms with Crippen molar-refractivity contribution in [2.75, 3.05) is 6.61 Å². The second-order valence-electron chi connectivity index (χ2n) is 4.56. The van der Waals surface area contributed by atoms with Crippen molar-refractivity contribution in [3.8, 4) is 0 Å². The van der Waals surface area contributed by atoms with E-state index >= 15 is 0 Å². The molecule has 0 saturated carbocycles. The SMILES string of the molecule is CCONC(=O)Cc1coc2ccc3ccccc3c12. The van der Waals surface area contributed by atoms with Gasteiger partial charge >= 0.3 is 0 Å². The van der Waals surface area contributed by atoms with E-state index in [4.69, 9.17) is 9.25 Å². The molecule has 3 rings (SSSR count). The van der Waals surface area contributed by atoms with Gasteiger partial charge < -0.3 is 4.42 Å². The minimum absolute atomic E-state index is 0.178. The molecule has 1 amide bonds. The van der Waals surface area contributed by atoms with Crippen molar-refractivity contribution < 1.29 is 14.0 Å². The first-order valence-corrected chi connectivity index (χ1v) is 6.58. The Kier molecular flexibility index (Phi) is 3.39. The number of hydroxylamine groups is 1. The smallest absolute Gasteiger partial charge is 0.248 e. The van der Waals surface area contributed by atoms with Crippen LogP contribution in [-0.2, 0) is 16.1 Å². The number of nitrogens with one attached hydrogen (secondary N) is 1. The molecular formula is C16H15NO3. The summed E-state index contributed by atoms with van der Waals surface area (Å²) in [5, 5.41) is 3.22. The van der Waals surface area contributed by atoms with Crippen molar-refractivity contribution in [1.29, 1.82) is 0 Å². The van der Waals surface area contributed by atoms with Crippen molar-refractivity contribution in [2.24, 2.45) is 0 Å². The van der Waals surface area contributed by atoms with E-state index in [1.54, 1.807) is 6.26 Å². The van der Waals surface area contributed by atoms with Crippen molar-refractivity contribution in [1.82, 2.24) is 5.48 Å². The predicted octanol–water partition coefficient (Wildman–Crippen LogP) is 3.20. The standard InChI is InChI=1S/C16H15NO3/c1-2-20-17-15(18)9-12-10-19-14-8-7-11-5-3-4-6-13(11)16(12)14/h3-8,10H,2,9H2,1H3,(H,17,18). The van der Waals surface area contributed by atoms with Gasteiger partial charge in [0.05, 0.1) is 19.3 Å². The fourth-order valence-electron chi connectivity index (χ4n) is 2.37. The molecule has 0 unspecified atom stereocenters. The molecule has 4 heteroatoms. The number of fused-ring (bicyclic) bond motifs is 3. The van der Waals surface area contributed by atoms with Gasteiger partial charge in [-0.1, -0.05) is 30.3 Å². The normalized spacial score (nSPS) is 11.1. The van der Waals surface area contributed by atoms with Crippen LogP contribution in [0.15, 0.2) is 47.1 Å². The lowest BCUT2D eigenvalue weighted by Crippen LogP contribution is -2.25. The highest BCUT2D eigenvalue weighted by molar-refractivity contribution is 6.08. The van der Waals surface area contributed by atoms with Crippen molar-refractivity contribution in [3.63, 3.8) is 0 Å². The molecule has 1 heterocycles. The summed E-state index contributed by atoms with van der Waals surface area (Å²) in [6.45, 7) is 2.27. The largest absolute Gasteiger partial charge is 0.464 e. The average molecular weight is 269 g/mol. The number of hydrogen-bond acceptors (Lipinski definition) is 3. The van der Waals surface area contributed by atoms with Crippen LogP contribution in [0.2, 0.25) is 0 Å². The molecule has 0 aliphatic rings. The lowest BCUT2D eigenvalue weighted by molar-refractivity contribution is -0.132. The van der Waals surface area contributed by atoms with Crippen LogP contribution in [0, 0.1) is 0 Å². The van der Waals surface area contributed by atoms with Crippen molar-refractivity contribution in [2.45, 2.75) is 13.3 Å². The zero-order valence-electron chi connectivity index (χ0n) is 11.2. The van der Waals surface area contributed by atoms with Crippen LogP contribution in [0.1, 0.15) is 12.5 Å². The fourth-order valence-corrected chi connectivity index (χ4v) is 2.37. The molecule has 4 nitrogen and oxygen atoms in total. The molecule has 0 atom stereocenters. The molecule has 0 radical (unpaired) electrons. The van der Waals surface area contributed by atoms with Gasteiger partial charge in [0.15, 0.2) is 0 Å². The molecule has 3 aromatic rings. The minimum Gasteiger partial charge on any atom is -0.464 e. The molecule has 1 N–H and O–H groups in total. The predicted molar refractivity (Wildman–Crippen MR) is 77.2 cm³/mol. The third-order valence-corrected chi connectivity index (χ3v) is 3.22. The van der Waals surface area contributed by atoms with Gasteiger partial charge in [0, 0.05) is 10.9 Å². The Balaban J connectivity index is 2.03. The molecule has 0 aliphatic carbocycles. The van der Waals surface area contributed by atoms with E-state index in [0.717, 1.165) is 27.3 Å². The molecule has 20 heavy (non-hydrogen) atoms. The summed E-state index contributed by atoms with van der Waals surface area (Å²) in [6.07, 6.45) is 1.88. The number of hydrogen-bond donors (Lipinski definition) is 1. The third kappa shape index (κ3) is 2.26. The van der Waals surface area contributed by atoms with Crippen LogP contribution in [0.3, 0.4) is 0 Å². The highest BCUT2D eigenvalue weighted by Gasteiger charge is 2.12. The fraction of sp³-hybridized carbons (Fsp3) is 0.188. The monoisotopic (exact) mass is 269 g/mol. The Labute approximate surface area is 116 Å². The molecule has 0 spiro atoms. The maximum Gasteiger partial charge on any atom is 0.248 e. The highest BCUT2D eigenvalue weighted by atomic mass is 16.6. The van der Waals surface area contributed by atoms with E-state index in [2.05, 4.69) is 5.48 Å². The van der Waals surface area contributed by atoms with Crippen LogP contribution < -0.4 is 5.48 Å². The van der Waals surface area contributed by atoms with Crippen molar-refractivity contribution >= 4 is 27.6 Å². The molecule has 0 bridgehead atoms. The van der Waals surface area contributed by atoms with Gasteiger partial charge in [0.1, 0.15) is 5.58 Å². The Morgan fingerprint density at radius 3 is 2.95 bits per heavy atom. The molecule has 0 saturated heterocycles. The zero-order valence-corrected chi connectivity index (χ0v) is 11.2. The second-order valence-corrected chi connectivity index (χ2v) is 4.56. The number of rotatable bonds is 4. The van der Waals surface area contributed by atoms with E-state index in [1.165, 1.54) is 0 Å². The molecular weight excluding hydrogens is 254 g/mol. The molecule has 0 fully saturated rings. The average Bonchev–Trinajstić information content (AvgIpc) is 2.88. The van der Waals surface area contributed by atoms with Gasteiger partial charge in [0.25, 0.3) is 0 Å². The van der Waals surface area contributed by atoms with E-state index < -0.39 is 0 Å². The second kappa shape index (κ2) is 5.35. The first-order valence-electron chi connectivity index (χ1n) is 6.58. The van der Waals surface area contributed by atoms with E-state index in [0.29, 0.717) is 6.61 Å².